The molecule has 0 saturated heterocycles. The maximum atomic E-state index is 12.2. The molecule has 104 valence electrons. The van der Waals surface area contributed by atoms with Crippen molar-refractivity contribution in [3.8, 4) is 0 Å². The van der Waals surface area contributed by atoms with Gasteiger partial charge in [-0.25, -0.2) is 0 Å². The van der Waals surface area contributed by atoms with Crippen LogP contribution in [0.1, 0.15) is 41.6 Å². The highest BCUT2D eigenvalue weighted by Gasteiger charge is 2.28. The van der Waals surface area contributed by atoms with Crippen LogP contribution in [-0.2, 0) is 13.0 Å². The number of amides is 1. The van der Waals surface area contributed by atoms with Gasteiger partial charge in [-0.05, 0) is 24.5 Å². The molecule has 3 rings (SSSR count). The van der Waals surface area contributed by atoms with Crippen LogP contribution in [0.2, 0.25) is 0 Å². The smallest absolute Gasteiger partial charge is 0.273 e. The normalized spacial score (nSPS) is 17.3. The quantitative estimate of drug-likeness (QED) is 0.900. The summed E-state index contributed by atoms with van der Waals surface area (Å²) in [5.74, 6) is -0.0809. The summed E-state index contributed by atoms with van der Waals surface area (Å²) in [5.41, 5.74) is 3.73. The van der Waals surface area contributed by atoms with Crippen LogP contribution in [-0.4, -0.2) is 15.7 Å². The van der Waals surface area contributed by atoms with Crippen molar-refractivity contribution in [3.63, 3.8) is 0 Å². The van der Waals surface area contributed by atoms with Crippen LogP contribution in [0.5, 0.6) is 0 Å². The van der Waals surface area contributed by atoms with E-state index in [-0.39, 0.29) is 12.1 Å². The predicted molar refractivity (Wildman–Crippen MR) is 77.6 cm³/mol. The second kappa shape index (κ2) is 5.00. The van der Waals surface area contributed by atoms with Crippen LogP contribution < -0.4 is 10.6 Å². The lowest BCUT2D eigenvalue weighted by molar-refractivity contribution is 0.0924. The van der Waals surface area contributed by atoms with Gasteiger partial charge in [-0.15, -0.1) is 0 Å². The van der Waals surface area contributed by atoms with Crippen LogP contribution in [0, 0.1) is 0 Å². The van der Waals surface area contributed by atoms with Crippen molar-refractivity contribution in [1.29, 1.82) is 0 Å². The van der Waals surface area contributed by atoms with Crippen molar-refractivity contribution in [1.82, 2.24) is 15.1 Å². The Morgan fingerprint density at radius 1 is 1.20 bits per heavy atom. The summed E-state index contributed by atoms with van der Waals surface area (Å²) in [6, 6.07) is 8.28. The second-order valence-electron chi connectivity index (χ2n) is 4.87. The highest BCUT2D eigenvalue weighted by molar-refractivity contribution is 6.00. The number of rotatable bonds is 3. The van der Waals surface area contributed by atoms with Gasteiger partial charge in [0.2, 0.25) is 0 Å². The monoisotopic (exact) mass is 270 g/mol. The summed E-state index contributed by atoms with van der Waals surface area (Å²) in [6.07, 6.45) is 2.53. The number of carbonyl (C=O) groups excluding carboxylic acids is 1. The van der Waals surface area contributed by atoms with E-state index in [1.165, 1.54) is 5.56 Å². The van der Waals surface area contributed by atoms with Crippen molar-refractivity contribution in [3.05, 3.63) is 47.3 Å². The maximum absolute atomic E-state index is 12.2. The lowest BCUT2D eigenvalue weighted by Gasteiger charge is -2.26. The number of fused-ring (bicyclic) bond motifs is 1. The third kappa shape index (κ3) is 2.05. The Balaban J connectivity index is 1.89. The molecule has 0 spiro atoms. The Morgan fingerprint density at radius 2 is 1.95 bits per heavy atom. The molecule has 1 amide bonds. The summed E-state index contributed by atoms with van der Waals surface area (Å²) in [6.45, 7) is 4.78. The number of nitrogens with zero attached hydrogens (tertiary/aromatic N) is 2. The van der Waals surface area contributed by atoms with Gasteiger partial charge in [0.05, 0.1) is 11.9 Å². The molecule has 0 fully saturated rings. The number of hydrogen-bond acceptors (Lipinski definition) is 3. The molecule has 1 aromatic carbocycles. The van der Waals surface area contributed by atoms with Gasteiger partial charge in [0.15, 0.2) is 0 Å². The third-order valence-corrected chi connectivity index (χ3v) is 3.65. The Kier molecular flexibility index (Phi) is 3.18. The first-order chi connectivity index (χ1) is 9.72. The standard InChI is InChI=1S/C15H18N4O/c1-3-10-5-7-11(8-6-10)14-17-12-9-16-19(4-2)13(12)15(20)18-14/h5-9,14,17H,3-4H2,1-2H3,(H,18,20). The fourth-order valence-corrected chi connectivity index (χ4v) is 2.47. The zero-order chi connectivity index (χ0) is 14.1. The van der Waals surface area contributed by atoms with Gasteiger partial charge in [-0.1, -0.05) is 31.2 Å². The molecule has 20 heavy (non-hydrogen) atoms. The molecule has 0 bridgehead atoms. The Bertz CT molecular complexity index is 630. The summed E-state index contributed by atoms with van der Waals surface area (Å²) < 4.78 is 1.70. The molecule has 0 radical (unpaired) electrons. The molecule has 0 saturated carbocycles. The summed E-state index contributed by atoms with van der Waals surface area (Å²) in [4.78, 5) is 12.2. The van der Waals surface area contributed by atoms with Gasteiger partial charge in [0, 0.05) is 6.54 Å². The molecule has 2 N–H and O–H groups in total. The summed E-state index contributed by atoms with van der Waals surface area (Å²) in [7, 11) is 0. The van der Waals surface area contributed by atoms with Crippen LogP contribution in [0.4, 0.5) is 5.69 Å². The van der Waals surface area contributed by atoms with Gasteiger partial charge in [-0.2, -0.15) is 5.10 Å². The van der Waals surface area contributed by atoms with Crippen LogP contribution >= 0.6 is 0 Å². The Hall–Kier alpha value is -2.30. The van der Waals surface area contributed by atoms with Gasteiger partial charge in [-0.3, -0.25) is 9.48 Å². The van der Waals surface area contributed by atoms with E-state index in [0.29, 0.717) is 12.2 Å². The van der Waals surface area contributed by atoms with E-state index in [9.17, 15) is 4.79 Å². The minimum atomic E-state index is -0.199. The van der Waals surface area contributed by atoms with Crippen molar-refractivity contribution in [2.45, 2.75) is 33.0 Å². The minimum Gasteiger partial charge on any atom is -0.358 e. The number of anilines is 1. The van der Waals surface area contributed by atoms with Crippen molar-refractivity contribution in [2.75, 3.05) is 5.32 Å². The Morgan fingerprint density at radius 3 is 2.60 bits per heavy atom. The van der Waals surface area contributed by atoms with Crippen LogP contribution in [0.25, 0.3) is 0 Å². The number of benzene rings is 1. The van der Waals surface area contributed by atoms with Gasteiger partial charge < -0.3 is 10.6 Å². The predicted octanol–water partition coefficient (Wildman–Crippen LogP) is 2.32. The fourth-order valence-electron chi connectivity index (χ4n) is 2.47. The minimum absolute atomic E-state index is 0.0809. The highest BCUT2D eigenvalue weighted by atomic mass is 16.2. The average molecular weight is 270 g/mol. The molecule has 1 unspecified atom stereocenters. The lowest BCUT2D eigenvalue weighted by atomic mass is 10.1. The molecular formula is C15H18N4O. The first kappa shape index (κ1) is 12.7. The van der Waals surface area contributed by atoms with Crippen molar-refractivity contribution < 1.29 is 4.79 Å². The maximum Gasteiger partial charge on any atom is 0.273 e. The van der Waals surface area contributed by atoms with Crippen LogP contribution in [0.15, 0.2) is 30.5 Å². The first-order valence-corrected chi connectivity index (χ1v) is 6.95. The molecule has 1 aromatic heterocycles. The number of hydrogen-bond donors (Lipinski definition) is 2. The SMILES string of the molecule is CCc1ccc(C2NC(=O)c3c(cnn3CC)N2)cc1. The number of nitrogens with one attached hydrogen (secondary N) is 2. The van der Waals surface area contributed by atoms with E-state index in [1.54, 1.807) is 10.9 Å². The van der Waals surface area contributed by atoms with Gasteiger partial charge in [0.1, 0.15) is 11.9 Å². The van der Waals surface area contributed by atoms with Gasteiger partial charge in [0.25, 0.3) is 5.91 Å². The van der Waals surface area contributed by atoms with E-state index in [4.69, 9.17) is 0 Å². The van der Waals surface area contributed by atoms with E-state index in [0.717, 1.165) is 17.7 Å². The highest BCUT2D eigenvalue weighted by Crippen LogP contribution is 2.26. The van der Waals surface area contributed by atoms with E-state index in [1.807, 2.05) is 19.1 Å². The molecule has 2 aromatic rings. The molecule has 5 nitrogen and oxygen atoms in total. The third-order valence-electron chi connectivity index (χ3n) is 3.65. The number of aromatic nitrogens is 2. The zero-order valence-corrected chi connectivity index (χ0v) is 11.7. The van der Waals surface area contributed by atoms with Crippen molar-refractivity contribution >= 4 is 11.6 Å². The summed E-state index contributed by atoms with van der Waals surface area (Å²) in [5, 5.41) is 10.5. The number of aryl methyl sites for hydroxylation is 2. The van der Waals surface area contributed by atoms with Crippen LogP contribution in [0.3, 0.4) is 0 Å². The second-order valence-corrected chi connectivity index (χ2v) is 4.87. The molecule has 0 aliphatic carbocycles. The van der Waals surface area contributed by atoms with E-state index < -0.39 is 0 Å². The van der Waals surface area contributed by atoms with Crippen molar-refractivity contribution in [2.24, 2.45) is 0 Å². The largest absolute Gasteiger partial charge is 0.358 e. The lowest BCUT2D eigenvalue weighted by Crippen LogP contribution is -2.39. The zero-order valence-electron chi connectivity index (χ0n) is 11.7. The molecule has 2 heterocycles. The molecule has 1 atom stereocenters. The van der Waals surface area contributed by atoms with E-state index >= 15 is 0 Å². The molecule has 5 heteroatoms. The summed E-state index contributed by atoms with van der Waals surface area (Å²) >= 11 is 0. The molecule has 1 aliphatic heterocycles. The number of carbonyl (C=O) groups is 1. The van der Waals surface area contributed by atoms with E-state index in [2.05, 4.69) is 34.8 Å². The Labute approximate surface area is 118 Å². The first-order valence-electron chi connectivity index (χ1n) is 6.95. The molecular weight excluding hydrogens is 252 g/mol. The fraction of sp³-hybridized carbons (Fsp3) is 0.333. The topological polar surface area (TPSA) is 59.0 Å². The average Bonchev–Trinajstić information content (AvgIpc) is 2.91. The molecule has 1 aliphatic rings. The van der Waals surface area contributed by atoms with Gasteiger partial charge >= 0.3 is 0 Å².